The number of hydrogen-bond acceptors (Lipinski definition) is 11. The molecule has 0 aromatic carbocycles. The van der Waals surface area contributed by atoms with Gasteiger partial charge in [-0.3, -0.25) is 14.4 Å². The highest BCUT2D eigenvalue weighted by atomic mass is 16.6. The first-order valence-corrected chi connectivity index (χ1v) is 14.3. The summed E-state index contributed by atoms with van der Waals surface area (Å²) in [5.74, 6) is -2.58. The van der Waals surface area contributed by atoms with Crippen molar-refractivity contribution in [3.8, 4) is 0 Å². The number of nitrogens with one attached hydrogen (secondary N) is 2. The van der Waals surface area contributed by atoms with E-state index in [-0.39, 0.29) is 47.8 Å². The topological polar surface area (TPSA) is 207 Å². The monoisotopic (exact) mass is 619 g/mol. The largest absolute Gasteiger partial charge is 0.439 e. The maximum absolute atomic E-state index is 13.6. The summed E-state index contributed by atoms with van der Waals surface area (Å²) in [5, 5.41) is 35.6. The minimum atomic E-state index is -1.17. The molecule has 44 heavy (non-hydrogen) atoms. The average molecular weight is 620 g/mol. The van der Waals surface area contributed by atoms with Crippen LogP contribution in [0.5, 0.6) is 0 Å². The highest BCUT2D eigenvalue weighted by molar-refractivity contribution is 6.23. The molecule has 0 aromatic heterocycles. The lowest BCUT2D eigenvalue weighted by Crippen LogP contribution is -2.39. The van der Waals surface area contributed by atoms with Crippen LogP contribution < -0.4 is 16.4 Å². The van der Waals surface area contributed by atoms with Crippen LogP contribution in [0, 0.1) is 11.8 Å². The summed E-state index contributed by atoms with van der Waals surface area (Å²) in [6.45, 7) is 6.09. The number of ketones is 2. The van der Waals surface area contributed by atoms with Gasteiger partial charge in [-0.1, -0.05) is 38.2 Å². The van der Waals surface area contributed by atoms with Crippen molar-refractivity contribution in [1.29, 1.82) is 0 Å². The summed E-state index contributed by atoms with van der Waals surface area (Å²) in [6.07, 6.45) is 2.00. The van der Waals surface area contributed by atoms with E-state index in [1.807, 2.05) is 6.92 Å². The molecule has 7 atom stereocenters. The first-order chi connectivity index (χ1) is 20.7. The number of rotatable bonds is 7. The fourth-order valence-corrected chi connectivity index (χ4v) is 5.06. The SMILES string of the molecule is CO[C@H]1/C=C\C=C(\C)C(=O)NC2=CC(=O)C(NCC(O)CO)=C(C[C@@H](C)C[C@H](OC)[C@H](O)[C@@H](C)/C=C(/C)[C@@H]1OC(N)=O)C2=O. The number of Topliss-reactive ketones (excluding diaryl/α,β-unsaturated/α-hetero) is 1. The Morgan fingerprint density at radius 1 is 1.18 bits per heavy atom. The van der Waals surface area contributed by atoms with Crippen molar-refractivity contribution in [3.05, 3.63) is 58.5 Å². The molecule has 13 heteroatoms. The Morgan fingerprint density at radius 3 is 2.45 bits per heavy atom. The average Bonchev–Trinajstić information content (AvgIpc) is 2.97. The van der Waals surface area contributed by atoms with Crippen molar-refractivity contribution in [3.63, 3.8) is 0 Å². The molecular weight excluding hydrogens is 574 g/mol. The zero-order valence-electron chi connectivity index (χ0n) is 26.0. The van der Waals surface area contributed by atoms with Gasteiger partial charge in [-0.05, 0) is 38.2 Å². The van der Waals surface area contributed by atoms with E-state index in [9.17, 15) is 34.5 Å². The number of primary amides is 1. The van der Waals surface area contributed by atoms with Crippen LogP contribution in [0.4, 0.5) is 4.79 Å². The van der Waals surface area contributed by atoms with Crippen LogP contribution in [0.2, 0.25) is 0 Å². The third-order valence-electron chi connectivity index (χ3n) is 7.52. The molecule has 2 bridgehead atoms. The molecule has 0 aromatic rings. The molecule has 1 heterocycles. The van der Waals surface area contributed by atoms with Crippen LogP contribution in [0.3, 0.4) is 0 Å². The van der Waals surface area contributed by atoms with Gasteiger partial charge in [-0.15, -0.1) is 0 Å². The van der Waals surface area contributed by atoms with Crippen LogP contribution in [-0.2, 0) is 28.6 Å². The number of hydrogen-bond donors (Lipinski definition) is 6. The molecule has 1 unspecified atom stereocenters. The molecule has 0 saturated carbocycles. The zero-order valence-corrected chi connectivity index (χ0v) is 26.0. The first kappa shape index (κ1) is 36.6. The minimum absolute atomic E-state index is 0.0408. The van der Waals surface area contributed by atoms with Gasteiger partial charge in [0, 0.05) is 43.9 Å². The summed E-state index contributed by atoms with van der Waals surface area (Å²) < 4.78 is 16.5. The number of methoxy groups -OCH3 is 2. The van der Waals surface area contributed by atoms with E-state index in [4.69, 9.17) is 19.9 Å². The normalized spacial score (nSPS) is 31.6. The van der Waals surface area contributed by atoms with Gasteiger partial charge in [-0.25, -0.2) is 4.79 Å². The van der Waals surface area contributed by atoms with E-state index in [1.165, 1.54) is 33.3 Å². The number of fused-ring (bicyclic) bond motifs is 2. The van der Waals surface area contributed by atoms with E-state index in [1.54, 1.807) is 26.0 Å². The fraction of sp³-hybridized carbons (Fsp3) is 0.548. The van der Waals surface area contributed by atoms with Crippen molar-refractivity contribution >= 4 is 23.6 Å². The number of aliphatic hydroxyl groups excluding tert-OH is 3. The number of amides is 2. The maximum atomic E-state index is 13.6. The minimum Gasteiger partial charge on any atom is -0.439 e. The quantitative estimate of drug-likeness (QED) is 0.173. The van der Waals surface area contributed by atoms with Crippen LogP contribution in [0.15, 0.2) is 58.5 Å². The molecule has 2 aliphatic rings. The van der Waals surface area contributed by atoms with E-state index < -0.39 is 66.6 Å². The Bertz CT molecular complexity index is 1230. The second kappa shape index (κ2) is 17.0. The molecule has 0 saturated heterocycles. The number of aliphatic hydroxyl groups is 3. The highest BCUT2D eigenvalue weighted by Gasteiger charge is 2.33. The molecule has 0 spiro atoms. The van der Waals surface area contributed by atoms with Crippen LogP contribution in [-0.4, -0.2) is 96.8 Å². The van der Waals surface area contributed by atoms with Gasteiger partial charge in [0.1, 0.15) is 6.10 Å². The van der Waals surface area contributed by atoms with Gasteiger partial charge in [0.15, 0.2) is 6.10 Å². The van der Waals surface area contributed by atoms with E-state index in [0.717, 1.165) is 6.08 Å². The Kier molecular flexibility index (Phi) is 14.1. The molecule has 2 amide bonds. The predicted octanol–water partition coefficient (Wildman–Crippen LogP) is 0.705. The van der Waals surface area contributed by atoms with Gasteiger partial charge in [0.05, 0.1) is 36.3 Å². The molecule has 13 nitrogen and oxygen atoms in total. The molecule has 1 aliphatic carbocycles. The summed E-state index contributed by atoms with van der Waals surface area (Å²) in [4.78, 5) is 51.5. The first-order valence-electron chi connectivity index (χ1n) is 14.3. The van der Waals surface area contributed by atoms with Crippen molar-refractivity contribution in [2.45, 2.75) is 71.1 Å². The number of allylic oxidation sites excluding steroid dienone is 4. The Labute approximate surface area is 257 Å². The van der Waals surface area contributed by atoms with E-state index >= 15 is 0 Å². The lowest BCUT2D eigenvalue weighted by molar-refractivity contribution is -0.120. The van der Waals surface area contributed by atoms with Gasteiger partial charge in [-0.2, -0.15) is 0 Å². The smallest absolute Gasteiger partial charge is 0.405 e. The number of ether oxygens (including phenoxy) is 3. The molecule has 2 rings (SSSR count). The third-order valence-corrected chi connectivity index (χ3v) is 7.52. The van der Waals surface area contributed by atoms with Crippen molar-refractivity contribution < 1.29 is 48.7 Å². The number of nitrogens with two attached hydrogens (primary N) is 1. The van der Waals surface area contributed by atoms with Crippen LogP contribution in [0.1, 0.15) is 40.5 Å². The fourth-order valence-electron chi connectivity index (χ4n) is 5.06. The third kappa shape index (κ3) is 9.96. The summed E-state index contributed by atoms with van der Waals surface area (Å²) in [7, 11) is 2.86. The van der Waals surface area contributed by atoms with Gasteiger partial charge in [0.2, 0.25) is 11.6 Å². The van der Waals surface area contributed by atoms with Crippen molar-refractivity contribution in [1.82, 2.24) is 10.6 Å². The number of carbonyl (C=O) groups excluding carboxylic acids is 4. The van der Waals surface area contributed by atoms with Gasteiger partial charge in [0.25, 0.3) is 5.91 Å². The number of carbonyl (C=O) groups is 4. The van der Waals surface area contributed by atoms with Gasteiger partial charge < -0.3 is 45.9 Å². The van der Waals surface area contributed by atoms with Crippen molar-refractivity contribution in [2.75, 3.05) is 27.4 Å². The van der Waals surface area contributed by atoms with Crippen LogP contribution >= 0.6 is 0 Å². The van der Waals surface area contributed by atoms with E-state index in [2.05, 4.69) is 10.6 Å². The lowest BCUT2D eigenvalue weighted by atomic mass is 9.85. The second-order valence-corrected chi connectivity index (χ2v) is 11.1. The molecule has 1 aliphatic heterocycles. The van der Waals surface area contributed by atoms with Crippen LogP contribution in [0.25, 0.3) is 0 Å². The Morgan fingerprint density at radius 2 is 1.86 bits per heavy atom. The summed E-state index contributed by atoms with van der Waals surface area (Å²) >= 11 is 0. The Hall–Kier alpha value is -3.62. The summed E-state index contributed by atoms with van der Waals surface area (Å²) in [6, 6.07) is 0. The zero-order chi connectivity index (χ0) is 33.1. The van der Waals surface area contributed by atoms with Gasteiger partial charge >= 0.3 is 6.09 Å². The molecule has 0 radical (unpaired) electrons. The maximum Gasteiger partial charge on any atom is 0.405 e. The lowest BCUT2D eigenvalue weighted by Gasteiger charge is -2.30. The van der Waals surface area contributed by atoms with E-state index in [0.29, 0.717) is 5.57 Å². The molecule has 7 N–H and O–H groups in total. The summed E-state index contributed by atoms with van der Waals surface area (Å²) in [5.41, 5.74) is 5.92. The highest BCUT2D eigenvalue weighted by Crippen LogP contribution is 2.29. The van der Waals surface area contributed by atoms with Crippen molar-refractivity contribution in [2.24, 2.45) is 17.6 Å². The molecule has 244 valence electrons. The predicted molar refractivity (Wildman–Crippen MR) is 161 cm³/mol. The standard InChI is InChI=1S/C31H45N3O10/c1-16-10-21-26(33-14-20(36)15-35)23(37)13-22(28(21)39)34-30(40)17(2)8-7-9-24(42-5)29(44-31(32)41)19(4)12-18(3)27(38)25(11-16)43-6/h7-9,12-13,16,18,20,24-25,27,29,33,35-36,38H,10-11,14-15H2,1-6H3,(H2,32,41)(H,34,40)/b9-7-,17-8-,19-12-/t16-,18+,20?,24+,25+,27-,29+/m1/s1. The molecule has 0 fully saturated rings. The Balaban J connectivity index is 2.62. The second-order valence-electron chi connectivity index (χ2n) is 11.1. The molecular formula is C31H45N3O10.